The number of hydrogen-bond acceptors (Lipinski definition) is 6. The molecule has 0 saturated carbocycles. The average molecular weight is 596 g/mol. The van der Waals surface area contributed by atoms with Crippen molar-refractivity contribution in [3.63, 3.8) is 0 Å². The summed E-state index contributed by atoms with van der Waals surface area (Å²) in [6.45, 7) is -0.195. The molecule has 0 radical (unpaired) electrons. The van der Waals surface area contributed by atoms with Gasteiger partial charge in [0.2, 0.25) is 5.90 Å². The van der Waals surface area contributed by atoms with Gasteiger partial charge in [0.15, 0.2) is 11.6 Å². The molecule has 1 aliphatic rings. The van der Waals surface area contributed by atoms with Crippen molar-refractivity contribution in [3.05, 3.63) is 106 Å². The van der Waals surface area contributed by atoms with Gasteiger partial charge in [-0.3, -0.25) is 10.2 Å². The van der Waals surface area contributed by atoms with Crippen molar-refractivity contribution in [3.8, 4) is 5.75 Å². The summed E-state index contributed by atoms with van der Waals surface area (Å²) in [5.41, 5.74) is 6.36. The Kier molecular flexibility index (Phi) is 10.2. The first-order chi connectivity index (χ1) is 19.1. The van der Waals surface area contributed by atoms with Gasteiger partial charge in [-0.15, -0.1) is 0 Å². The van der Waals surface area contributed by atoms with E-state index < -0.39 is 24.2 Å². The number of carbonyl (C=O) groups is 1. The van der Waals surface area contributed by atoms with Gasteiger partial charge < -0.3 is 14.6 Å². The Morgan fingerprint density at radius 2 is 1.85 bits per heavy atom. The maximum atomic E-state index is 13.7. The van der Waals surface area contributed by atoms with Gasteiger partial charge in [-0.25, -0.2) is 14.8 Å². The van der Waals surface area contributed by atoms with E-state index in [1.165, 1.54) is 0 Å². The van der Waals surface area contributed by atoms with Crippen LogP contribution in [0.5, 0.6) is 5.75 Å². The number of carbonyl (C=O) groups excluding carboxylic acids is 1. The highest BCUT2D eigenvalue weighted by molar-refractivity contribution is 9.10. The lowest BCUT2D eigenvalue weighted by Gasteiger charge is -2.29. The second kappa shape index (κ2) is 14.0. The molecule has 1 aliphatic heterocycles. The first-order valence-corrected chi connectivity index (χ1v) is 13.5. The van der Waals surface area contributed by atoms with Crippen molar-refractivity contribution in [2.45, 2.75) is 24.5 Å². The fraction of sp³-hybridized carbons (Fsp3) is 0.267. The number of nitrogens with one attached hydrogen (secondary N) is 2. The molecule has 4 rings (SSSR count). The molecule has 9 heteroatoms. The molecule has 7 nitrogen and oxygen atoms in total. The molecular formula is C30H31BrFN3O4. The maximum Gasteiger partial charge on any atom is 0.266 e. The Hall–Kier alpha value is -3.53. The third-order valence-corrected chi connectivity index (χ3v) is 6.69. The SMILES string of the molecule is O=C(NNCCF)[C@@]1(C/C=C/c2ccccc2)N=C(c2ccc(OCCCO)cc2)O[C@H]1c1ccc(Br)cc1. The van der Waals surface area contributed by atoms with Crippen LogP contribution in [-0.4, -0.2) is 48.9 Å². The molecule has 0 aliphatic carbocycles. The van der Waals surface area contributed by atoms with E-state index in [2.05, 4.69) is 26.8 Å². The molecule has 3 N–H and O–H groups in total. The summed E-state index contributed by atoms with van der Waals surface area (Å²) in [6.07, 6.45) is 3.88. The van der Waals surface area contributed by atoms with E-state index in [4.69, 9.17) is 19.6 Å². The number of amides is 1. The van der Waals surface area contributed by atoms with Gasteiger partial charge in [-0.2, -0.15) is 0 Å². The summed E-state index contributed by atoms with van der Waals surface area (Å²) in [5, 5.41) is 8.98. The van der Waals surface area contributed by atoms with Crippen molar-refractivity contribution in [2.75, 3.05) is 26.4 Å². The fourth-order valence-corrected chi connectivity index (χ4v) is 4.45. The minimum Gasteiger partial charge on any atom is -0.494 e. The smallest absolute Gasteiger partial charge is 0.266 e. The van der Waals surface area contributed by atoms with Crippen LogP contribution < -0.4 is 15.6 Å². The second-order valence-electron chi connectivity index (χ2n) is 8.93. The summed E-state index contributed by atoms with van der Waals surface area (Å²) in [7, 11) is 0. The minimum absolute atomic E-state index is 0.0280. The standard InChI is InChI=1S/C30H31BrFN3O4/c31-25-13-9-23(10-14-25)27-30(29(37)35-33-19-18-32,17-4-8-22-6-2-1-3-7-22)34-28(39-27)24-11-15-26(16-12-24)38-21-5-20-36/h1-4,6-16,27,33,36H,5,17-21H2,(H,35,37)/b8-4+/t27-,30-/m0/s1. The molecule has 1 heterocycles. The van der Waals surface area contributed by atoms with E-state index in [-0.39, 0.29) is 19.6 Å². The minimum atomic E-state index is -1.37. The van der Waals surface area contributed by atoms with E-state index >= 15 is 0 Å². The number of halogens is 2. The maximum absolute atomic E-state index is 13.7. The Balaban J connectivity index is 1.71. The zero-order valence-corrected chi connectivity index (χ0v) is 22.9. The Labute approximate surface area is 235 Å². The number of hydrogen-bond donors (Lipinski definition) is 3. The molecule has 39 heavy (non-hydrogen) atoms. The number of aliphatic imine (C=N–C) groups is 1. The van der Waals surface area contributed by atoms with Crippen molar-refractivity contribution in [1.29, 1.82) is 0 Å². The summed E-state index contributed by atoms with van der Waals surface area (Å²) in [4.78, 5) is 18.6. The van der Waals surface area contributed by atoms with Gasteiger partial charge in [-0.1, -0.05) is 70.5 Å². The highest BCUT2D eigenvalue weighted by Gasteiger charge is 2.52. The summed E-state index contributed by atoms with van der Waals surface area (Å²) < 4.78 is 25.7. The lowest BCUT2D eigenvalue weighted by molar-refractivity contribution is -0.129. The van der Waals surface area contributed by atoms with Crippen LogP contribution in [0.2, 0.25) is 0 Å². The highest BCUT2D eigenvalue weighted by Crippen LogP contribution is 2.43. The van der Waals surface area contributed by atoms with E-state index in [0.717, 1.165) is 15.6 Å². The Morgan fingerprint density at radius 3 is 2.54 bits per heavy atom. The lowest BCUT2D eigenvalue weighted by atomic mass is 9.84. The van der Waals surface area contributed by atoms with Gasteiger partial charge >= 0.3 is 0 Å². The molecule has 2 atom stereocenters. The van der Waals surface area contributed by atoms with Gasteiger partial charge in [0, 0.05) is 36.0 Å². The summed E-state index contributed by atoms with van der Waals surface area (Å²) in [5.74, 6) is 0.541. The van der Waals surface area contributed by atoms with Crippen LogP contribution in [0.1, 0.15) is 35.6 Å². The largest absolute Gasteiger partial charge is 0.494 e. The van der Waals surface area contributed by atoms with Gasteiger partial charge in [0.05, 0.1) is 6.61 Å². The predicted octanol–water partition coefficient (Wildman–Crippen LogP) is 5.16. The third kappa shape index (κ3) is 7.32. The second-order valence-corrected chi connectivity index (χ2v) is 9.84. The average Bonchev–Trinajstić information content (AvgIpc) is 3.35. The van der Waals surface area contributed by atoms with Crippen LogP contribution in [-0.2, 0) is 9.53 Å². The van der Waals surface area contributed by atoms with Crippen molar-refractivity contribution < 1.29 is 23.8 Å². The number of alkyl halides is 1. The third-order valence-electron chi connectivity index (χ3n) is 6.16. The number of aliphatic hydroxyl groups is 1. The molecule has 0 saturated heterocycles. The monoisotopic (exact) mass is 595 g/mol. The lowest BCUT2D eigenvalue weighted by Crippen LogP contribution is -2.52. The molecular weight excluding hydrogens is 565 g/mol. The van der Waals surface area contributed by atoms with Crippen LogP contribution in [0.15, 0.2) is 94.4 Å². The Morgan fingerprint density at radius 1 is 1.10 bits per heavy atom. The van der Waals surface area contributed by atoms with E-state index in [1.54, 1.807) is 12.1 Å². The molecule has 0 fully saturated rings. The molecule has 3 aromatic carbocycles. The molecule has 0 spiro atoms. The molecule has 204 valence electrons. The molecule has 0 bridgehead atoms. The first kappa shape index (κ1) is 28.5. The predicted molar refractivity (Wildman–Crippen MR) is 153 cm³/mol. The zero-order valence-electron chi connectivity index (χ0n) is 21.4. The van der Waals surface area contributed by atoms with Crippen LogP contribution in [0.3, 0.4) is 0 Å². The highest BCUT2D eigenvalue weighted by atomic mass is 79.9. The van der Waals surface area contributed by atoms with Crippen molar-refractivity contribution >= 4 is 33.8 Å². The number of nitrogens with zero attached hydrogens (tertiary/aromatic N) is 1. The quantitative estimate of drug-likeness (QED) is 0.187. The Bertz CT molecular complexity index is 1270. The number of benzene rings is 3. The molecule has 0 aromatic heterocycles. The summed E-state index contributed by atoms with van der Waals surface area (Å²) in [6, 6.07) is 24.6. The van der Waals surface area contributed by atoms with Crippen molar-refractivity contribution in [1.82, 2.24) is 10.9 Å². The van der Waals surface area contributed by atoms with Crippen LogP contribution in [0.4, 0.5) is 4.39 Å². The van der Waals surface area contributed by atoms with E-state index in [9.17, 15) is 9.18 Å². The van der Waals surface area contributed by atoms with Gasteiger partial charge in [0.1, 0.15) is 12.4 Å². The van der Waals surface area contributed by atoms with Crippen molar-refractivity contribution in [2.24, 2.45) is 4.99 Å². The fourth-order valence-electron chi connectivity index (χ4n) is 4.19. The van der Waals surface area contributed by atoms with Crippen LogP contribution in [0.25, 0.3) is 6.08 Å². The summed E-state index contributed by atoms with van der Waals surface area (Å²) >= 11 is 3.47. The normalized spacial score (nSPS) is 18.5. The van der Waals surface area contributed by atoms with E-state index in [0.29, 0.717) is 30.2 Å². The van der Waals surface area contributed by atoms with Gasteiger partial charge in [-0.05, 0) is 47.5 Å². The van der Waals surface area contributed by atoms with Gasteiger partial charge in [0.25, 0.3) is 5.91 Å². The molecule has 3 aromatic rings. The zero-order chi connectivity index (χ0) is 27.5. The van der Waals surface area contributed by atoms with Crippen LogP contribution >= 0.6 is 15.9 Å². The number of hydrazine groups is 1. The number of aliphatic hydroxyl groups excluding tert-OH is 1. The molecule has 1 amide bonds. The topological polar surface area (TPSA) is 92.2 Å². The number of ether oxygens (including phenoxy) is 2. The number of rotatable bonds is 13. The molecule has 0 unspecified atom stereocenters. The van der Waals surface area contributed by atoms with E-state index in [1.807, 2.05) is 78.9 Å². The van der Waals surface area contributed by atoms with Crippen LogP contribution in [0, 0.1) is 0 Å². The first-order valence-electron chi connectivity index (χ1n) is 12.7.